The molecule has 1 heterocycles. The summed E-state index contributed by atoms with van der Waals surface area (Å²) in [5, 5.41) is 0. The van der Waals surface area contributed by atoms with Crippen molar-refractivity contribution < 1.29 is 4.74 Å². The van der Waals surface area contributed by atoms with Gasteiger partial charge in [0.1, 0.15) is 0 Å². The summed E-state index contributed by atoms with van der Waals surface area (Å²) >= 11 is 1.90. The third kappa shape index (κ3) is 2.20. The number of para-hydroxylation sites is 1. The van der Waals surface area contributed by atoms with Gasteiger partial charge in [-0.3, -0.25) is 0 Å². The molecule has 1 aliphatic rings. The van der Waals surface area contributed by atoms with E-state index in [2.05, 4.69) is 18.4 Å². The number of benzene rings is 1. The third-order valence-electron chi connectivity index (χ3n) is 3.40. The van der Waals surface area contributed by atoms with E-state index in [4.69, 9.17) is 10.5 Å². The largest absolute Gasteiger partial charge is 0.398 e. The molecule has 1 saturated heterocycles. The van der Waals surface area contributed by atoms with Crippen LogP contribution in [0.5, 0.6) is 0 Å². The van der Waals surface area contributed by atoms with Crippen molar-refractivity contribution in [3.63, 3.8) is 0 Å². The predicted molar refractivity (Wildman–Crippen MR) is 71.0 cm³/mol. The van der Waals surface area contributed by atoms with Crippen molar-refractivity contribution in [3.8, 4) is 0 Å². The highest BCUT2D eigenvalue weighted by Crippen LogP contribution is 2.39. The fourth-order valence-corrected chi connectivity index (χ4v) is 3.51. The summed E-state index contributed by atoms with van der Waals surface area (Å²) in [7, 11) is 0. The fraction of sp³-hybridized carbons (Fsp3) is 0.538. The van der Waals surface area contributed by atoms with Gasteiger partial charge in [0, 0.05) is 30.1 Å². The Kier molecular flexibility index (Phi) is 3.77. The lowest BCUT2D eigenvalue weighted by atomic mass is 9.75. The molecule has 0 amide bonds. The highest BCUT2D eigenvalue weighted by molar-refractivity contribution is 7.98. The lowest BCUT2D eigenvalue weighted by Crippen LogP contribution is -2.36. The van der Waals surface area contributed by atoms with Crippen molar-refractivity contribution in [3.05, 3.63) is 29.8 Å². The number of hydrogen-bond donors (Lipinski definition) is 1. The van der Waals surface area contributed by atoms with Crippen LogP contribution in [0.3, 0.4) is 0 Å². The van der Waals surface area contributed by atoms with Crippen LogP contribution in [0.4, 0.5) is 5.69 Å². The molecule has 0 aliphatic carbocycles. The molecule has 0 aromatic heterocycles. The van der Waals surface area contributed by atoms with Gasteiger partial charge in [-0.15, -0.1) is 0 Å². The molecule has 88 valence electrons. The molecule has 1 aromatic rings. The topological polar surface area (TPSA) is 35.2 Å². The Bertz CT molecular complexity index is 342. The second-order valence-corrected chi connectivity index (χ2v) is 5.28. The highest BCUT2D eigenvalue weighted by Gasteiger charge is 2.35. The molecular weight excluding hydrogens is 218 g/mol. The first-order valence-corrected chi connectivity index (χ1v) is 7.09. The van der Waals surface area contributed by atoms with Crippen molar-refractivity contribution in [2.45, 2.75) is 18.3 Å². The molecule has 1 aliphatic heterocycles. The summed E-state index contributed by atoms with van der Waals surface area (Å²) in [4.78, 5) is 0. The van der Waals surface area contributed by atoms with Crippen LogP contribution in [-0.2, 0) is 10.2 Å². The van der Waals surface area contributed by atoms with E-state index in [1.54, 1.807) is 0 Å². The minimum atomic E-state index is 0.225. The highest BCUT2D eigenvalue weighted by atomic mass is 32.2. The first kappa shape index (κ1) is 11.8. The molecule has 1 aromatic carbocycles. The molecule has 3 heteroatoms. The Morgan fingerprint density at radius 1 is 1.31 bits per heavy atom. The van der Waals surface area contributed by atoms with Crippen LogP contribution in [0.15, 0.2) is 24.3 Å². The van der Waals surface area contributed by atoms with Crippen LogP contribution in [0, 0.1) is 0 Å². The molecule has 2 rings (SSSR count). The van der Waals surface area contributed by atoms with Crippen molar-refractivity contribution in [2.24, 2.45) is 0 Å². The van der Waals surface area contributed by atoms with Gasteiger partial charge >= 0.3 is 0 Å². The van der Waals surface area contributed by atoms with Gasteiger partial charge in [-0.2, -0.15) is 11.8 Å². The zero-order valence-electron chi connectivity index (χ0n) is 9.74. The molecular formula is C13H19NOS. The van der Waals surface area contributed by atoms with E-state index in [1.165, 1.54) is 5.56 Å². The fourth-order valence-electron chi connectivity index (χ4n) is 2.51. The zero-order valence-corrected chi connectivity index (χ0v) is 10.6. The van der Waals surface area contributed by atoms with Crippen LogP contribution in [-0.4, -0.2) is 25.2 Å². The predicted octanol–water partition coefficient (Wildman–Crippen LogP) is 2.68. The van der Waals surface area contributed by atoms with E-state index >= 15 is 0 Å². The van der Waals surface area contributed by atoms with Gasteiger partial charge in [-0.05, 0) is 30.7 Å². The van der Waals surface area contributed by atoms with Gasteiger partial charge < -0.3 is 10.5 Å². The number of rotatable bonds is 3. The Morgan fingerprint density at radius 3 is 2.62 bits per heavy atom. The molecule has 0 spiro atoms. The lowest BCUT2D eigenvalue weighted by molar-refractivity contribution is 0.0582. The maximum Gasteiger partial charge on any atom is 0.0474 e. The SMILES string of the molecule is CSCC1(c2ccccc2N)CCOCC1. The number of hydrogen-bond acceptors (Lipinski definition) is 3. The Balaban J connectivity index is 2.34. The van der Waals surface area contributed by atoms with Gasteiger partial charge in [0.05, 0.1) is 0 Å². The smallest absolute Gasteiger partial charge is 0.0474 e. The summed E-state index contributed by atoms with van der Waals surface area (Å²) in [6.07, 6.45) is 4.33. The summed E-state index contributed by atoms with van der Waals surface area (Å²) in [6, 6.07) is 8.28. The van der Waals surface area contributed by atoms with E-state index in [1.807, 2.05) is 23.9 Å². The van der Waals surface area contributed by atoms with Crippen LogP contribution in [0.25, 0.3) is 0 Å². The summed E-state index contributed by atoms with van der Waals surface area (Å²) < 4.78 is 5.48. The minimum Gasteiger partial charge on any atom is -0.398 e. The van der Waals surface area contributed by atoms with E-state index < -0.39 is 0 Å². The van der Waals surface area contributed by atoms with Gasteiger partial charge in [0.25, 0.3) is 0 Å². The first-order valence-electron chi connectivity index (χ1n) is 5.70. The van der Waals surface area contributed by atoms with Crippen LogP contribution in [0.1, 0.15) is 18.4 Å². The van der Waals surface area contributed by atoms with E-state index in [9.17, 15) is 0 Å². The van der Waals surface area contributed by atoms with Crippen molar-refractivity contribution in [1.82, 2.24) is 0 Å². The number of thioether (sulfide) groups is 1. The second kappa shape index (κ2) is 5.11. The summed E-state index contributed by atoms with van der Waals surface area (Å²) in [5.41, 5.74) is 8.58. The molecule has 1 fully saturated rings. The molecule has 0 bridgehead atoms. The molecule has 0 saturated carbocycles. The number of anilines is 1. The van der Waals surface area contributed by atoms with E-state index in [0.29, 0.717) is 0 Å². The maximum absolute atomic E-state index is 6.12. The average Bonchev–Trinajstić information content (AvgIpc) is 2.31. The Hall–Kier alpha value is -0.670. The van der Waals surface area contributed by atoms with Gasteiger partial charge in [-0.1, -0.05) is 18.2 Å². The monoisotopic (exact) mass is 237 g/mol. The van der Waals surface area contributed by atoms with Crippen LogP contribution < -0.4 is 5.73 Å². The van der Waals surface area contributed by atoms with E-state index in [-0.39, 0.29) is 5.41 Å². The maximum atomic E-state index is 6.12. The number of nitrogens with two attached hydrogens (primary N) is 1. The van der Waals surface area contributed by atoms with Gasteiger partial charge in [0.2, 0.25) is 0 Å². The average molecular weight is 237 g/mol. The lowest BCUT2D eigenvalue weighted by Gasteiger charge is -2.38. The first-order chi connectivity index (χ1) is 7.78. The molecule has 16 heavy (non-hydrogen) atoms. The number of nitrogen functional groups attached to an aromatic ring is 1. The summed E-state index contributed by atoms with van der Waals surface area (Å²) in [6.45, 7) is 1.71. The van der Waals surface area contributed by atoms with Crippen LogP contribution >= 0.6 is 11.8 Å². The van der Waals surface area contributed by atoms with Crippen LogP contribution in [0.2, 0.25) is 0 Å². The molecule has 0 unspecified atom stereocenters. The second-order valence-electron chi connectivity index (χ2n) is 4.41. The molecule has 2 nitrogen and oxygen atoms in total. The van der Waals surface area contributed by atoms with E-state index in [0.717, 1.165) is 37.5 Å². The number of ether oxygens (including phenoxy) is 1. The quantitative estimate of drug-likeness (QED) is 0.821. The normalized spacial score (nSPS) is 19.6. The summed E-state index contributed by atoms with van der Waals surface area (Å²) in [5.74, 6) is 1.13. The van der Waals surface area contributed by atoms with Gasteiger partial charge in [-0.25, -0.2) is 0 Å². The van der Waals surface area contributed by atoms with Crippen molar-refractivity contribution in [2.75, 3.05) is 31.0 Å². The Labute approximate surface area is 102 Å². The van der Waals surface area contributed by atoms with Gasteiger partial charge in [0.15, 0.2) is 0 Å². The minimum absolute atomic E-state index is 0.225. The Morgan fingerprint density at radius 2 is 2.00 bits per heavy atom. The molecule has 0 radical (unpaired) electrons. The zero-order chi connectivity index (χ0) is 11.4. The third-order valence-corrected chi connectivity index (χ3v) is 4.24. The molecule has 0 atom stereocenters. The standard InChI is InChI=1S/C13H19NOS/c1-16-10-13(6-8-15-9-7-13)11-4-2-3-5-12(11)14/h2-5H,6-10,14H2,1H3. The van der Waals surface area contributed by atoms with Crippen molar-refractivity contribution in [1.29, 1.82) is 0 Å². The molecule has 2 N–H and O–H groups in total. The van der Waals surface area contributed by atoms with Crippen molar-refractivity contribution >= 4 is 17.4 Å².